The van der Waals surface area contributed by atoms with Gasteiger partial charge in [-0.3, -0.25) is 0 Å². The molecule has 1 saturated heterocycles. The summed E-state index contributed by atoms with van der Waals surface area (Å²) in [6, 6.07) is 6.99. The number of nitrogens with one attached hydrogen (secondary N) is 2. The van der Waals surface area contributed by atoms with Crippen LogP contribution in [0.4, 0.5) is 0 Å². The summed E-state index contributed by atoms with van der Waals surface area (Å²) in [4.78, 5) is 4.72. The van der Waals surface area contributed by atoms with Gasteiger partial charge in [0.05, 0.1) is 4.90 Å². The van der Waals surface area contributed by atoms with E-state index in [1.165, 1.54) is 24.2 Å². The van der Waals surface area contributed by atoms with E-state index in [1.807, 2.05) is 18.4 Å². The molecule has 0 radical (unpaired) electrons. The van der Waals surface area contributed by atoms with Crippen LogP contribution >= 0.6 is 11.3 Å². The van der Waals surface area contributed by atoms with E-state index in [1.54, 1.807) is 18.2 Å². The van der Waals surface area contributed by atoms with E-state index < -0.39 is 10.0 Å². The number of sulfonamides is 1. The van der Waals surface area contributed by atoms with Gasteiger partial charge in [-0.1, -0.05) is 12.1 Å². The molecule has 1 aromatic carbocycles. The lowest BCUT2D eigenvalue weighted by atomic mass is 9.96. The zero-order valence-electron chi connectivity index (χ0n) is 13.8. The zero-order chi connectivity index (χ0) is 17.0. The Balaban J connectivity index is 1.65. The average molecular weight is 366 g/mol. The SMILES string of the molecule is Cc1csc(-c2cccc(S(=O)(=O)NCCC3CCCNC3)c2)n1. The number of rotatable bonds is 6. The van der Waals surface area contributed by atoms with Crippen LogP contribution in [0, 0.1) is 12.8 Å². The minimum Gasteiger partial charge on any atom is -0.316 e. The smallest absolute Gasteiger partial charge is 0.240 e. The van der Waals surface area contributed by atoms with Gasteiger partial charge in [0, 0.05) is 23.2 Å². The molecule has 1 aromatic heterocycles. The Morgan fingerprint density at radius 2 is 2.29 bits per heavy atom. The minimum atomic E-state index is -3.48. The molecule has 130 valence electrons. The summed E-state index contributed by atoms with van der Waals surface area (Å²) in [5.41, 5.74) is 1.79. The van der Waals surface area contributed by atoms with Crippen LogP contribution in [0.25, 0.3) is 10.6 Å². The molecular formula is C17H23N3O2S2. The van der Waals surface area contributed by atoms with Gasteiger partial charge in [0.2, 0.25) is 10.0 Å². The van der Waals surface area contributed by atoms with Gasteiger partial charge in [-0.05, 0) is 57.3 Å². The molecule has 0 spiro atoms. The van der Waals surface area contributed by atoms with Gasteiger partial charge in [-0.15, -0.1) is 11.3 Å². The first kappa shape index (κ1) is 17.5. The van der Waals surface area contributed by atoms with Crippen LogP contribution in [0.2, 0.25) is 0 Å². The van der Waals surface area contributed by atoms with Crippen LogP contribution in [-0.4, -0.2) is 33.0 Å². The van der Waals surface area contributed by atoms with Crippen molar-refractivity contribution in [2.45, 2.75) is 31.1 Å². The van der Waals surface area contributed by atoms with Crippen LogP contribution in [0.15, 0.2) is 34.5 Å². The third-order valence-electron chi connectivity index (χ3n) is 4.25. The lowest BCUT2D eigenvalue weighted by molar-refractivity contribution is 0.358. The molecule has 1 aliphatic heterocycles. The van der Waals surface area contributed by atoms with Crippen molar-refractivity contribution in [2.75, 3.05) is 19.6 Å². The topological polar surface area (TPSA) is 71.1 Å². The molecule has 1 aliphatic rings. The van der Waals surface area contributed by atoms with Crippen molar-refractivity contribution in [1.29, 1.82) is 0 Å². The highest BCUT2D eigenvalue weighted by atomic mass is 32.2. The molecule has 2 heterocycles. The van der Waals surface area contributed by atoms with Crippen molar-refractivity contribution < 1.29 is 8.42 Å². The first-order chi connectivity index (χ1) is 11.5. The van der Waals surface area contributed by atoms with Crippen molar-refractivity contribution in [3.05, 3.63) is 35.3 Å². The van der Waals surface area contributed by atoms with E-state index in [0.717, 1.165) is 35.8 Å². The molecular weight excluding hydrogens is 342 g/mol. The number of piperidine rings is 1. The highest BCUT2D eigenvalue weighted by molar-refractivity contribution is 7.89. The Morgan fingerprint density at radius 1 is 1.42 bits per heavy atom. The van der Waals surface area contributed by atoms with Gasteiger partial charge in [0.1, 0.15) is 5.01 Å². The van der Waals surface area contributed by atoms with Gasteiger partial charge in [0.15, 0.2) is 0 Å². The average Bonchev–Trinajstić information content (AvgIpc) is 3.02. The predicted octanol–water partition coefficient (Wildman–Crippen LogP) is 2.79. The fourth-order valence-corrected chi connectivity index (χ4v) is 4.82. The highest BCUT2D eigenvalue weighted by Crippen LogP contribution is 2.25. The second-order valence-electron chi connectivity index (χ2n) is 6.22. The van der Waals surface area contributed by atoms with Gasteiger partial charge < -0.3 is 5.32 Å². The van der Waals surface area contributed by atoms with Gasteiger partial charge in [-0.25, -0.2) is 18.1 Å². The molecule has 0 bridgehead atoms. The largest absolute Gasteiger partial charge is 0.316 e. The zero-order valence-corrected chi connectivity index (χ0v) is 15.4. The van der Waals surface area contributed by atoms with E-state index in [2.05, 4.69) is 15.0 Å². The molecule has 0 saturated carbocycles. The molecule has 5 nitrogen and oxygen atoms in total. The van der Waals surface area contributed by atoms with Gasteiger partial charge in [0.25, 0.3) is 0 Å². The summed E-state index contributed by atoms with van der Waals surface area (Å²) in [6.07, 6.45) is 3.22. The number of hydrogen-bond donors (Lipinski definition) is 2. The fourth-order valence-electron chi connectivity index (χ4n) is 2.93. The molecule has 1 atom stereocenters. The first-order valence-electron chi connectivity index (χ1n) is 8.27. The Labute approximate surface area is 147 Å². The monoisotopic (exact) mass is 365 g/mol. The van der Waals surface area contributed by atoms with Crippen LogP contribution in [-0.2, 0) is 10.0 Å². The second-order valence-corrected chi connectivity index (χ2v) is 8.85. The summed E-state index contributed by atoms with van der Waals surface area (Å²) >= 11 is 1.53. The Kier molecular flexibility index (Phi) is 5.65. The summed E-state index contributed by atoms with van der Waals surface area (Å²) < 4.78 is 27.8. The second kappa shape index (κ2) is 7.74. The summed E-state index contributed by atoms with van der Waals surface area (Å²) in [6.45, 7) is 4.48. The fraction of sp³-hybridized carbons (Fsp3) is 0.471. The van der Waals surface area contributed by atoms with Crippen LogP contribution in [0.1, 0.15) is 25.0 Å². The van der Waals surface area contributed by atoms with Crippen molar-refractivity contribution >= 4 is 21.4 Å². The maximum atomic E-state index is 12.5. The Bertz CT molecular complexity index is 781. The molecule has 1 unspecified atom stereocenters. The normalized spacial score (nSPS) is 18.6. The molecule has 0 aliphatic carbocycles. The number of hydrogen-bond acceptors (Lipinski definition) is 5. The van der Waals surface area contributed by atoms with Crippen molar-refractivity contribution in [3.63, 3.8) is 0 Å². The number of thiazole rings is 1. The molecule has 7 heteroatoms. The number of benzene rings is 1. The first-order valence-corrected chi connectivity index (χ1v) is 10.6. The number of nitrogens with zero attached hydrogens (tertiary/aromatic N) is 1. The van der Waals surface area contributed by atoms with Crippen LogP contribution in [0.3, 0.4) is 0 Å². The van der Waals surface area contributed by atoms with Gasteiger partial charge >= 0.3 is 0 Å². The number of aromatic nitrogens is 1. The lowest BCUT2D eigenvalue weighted by Gasteiger charge is -2.22. The molecule has 1 fully saturated rings. The molecule has 2 aromatic rings. The van der Waals surface area contributed by atoms with Crippen molar-refractivity contribution in [3.8, 4) is 10.6 Å². The molecule has 24 heavy (non-hydrogen) atoms. The summed E-state index contributed by atoms with van der Waals surface area (Å²) in [5, 5.41) is 6.17. The maximum Gasteiger partial charge on any atom is 0.240 e. The quantitative estimate of drug-likeness (QED) is 0.826. The minimum absolute atomic E-state index is 0.301. The standard InChI is InChI=1S/C17H23N3O2S2/c1-13-12-23-17(20-13)15-5-2-6-16(10-15)24(21,22)19-9-7-14-4-3-8-18-11-14/h2,5-6,10,12,14,18-19H,3-4,7-9,11H2,1H3. The van der Waals surface area contributed by atoms with E-state index in [9.17, 15) is 8.42 Å². The van der Waals surface area contributed by atoms with E-state index in [4.69, 9.17) is 0 Å². The number of aryl methyl sites for hydroxylation is 1. The van der Waals surface area contributed by atoms with Gasteiger partial charge in [-0.2, -0.15) is 0 Å². The third-order valence-corrected chi connectivity index (χ3v) is 6.72. The van der Waals surface area contributed by atoms with E-state index in [-0.39, 0.29) is 0 Å². The molecule has 2 N–H and O–H groups in total. The van der Waals surface area contributed by atoms with Crippen LogP contribution in [0.5, 0.6) is 0 Å². The van der Waals surface area contributed by atoms with Crippen molar-refractivity contribution in [1.82, 2.24) is 15.0 Å². The Morgan fingerprint density at radius 3 is 3.00 bits per heavy atom. The van der Waals surface area contributed by atoms with E-state index >= 15 is 0 Å². The maximum absolute atomic E-state index is 12.5. The lowest BCUT2D eigenvalue weighted by Crippen LogP contribution is -2.33. The summed E-state index contributed by atoms with van der Waals surface area (Å²) in [7, 11) is -3.48. The Hall–Kier alpha value is -1.28. The molecule has 3 rings (SSSR count). The molecule has 0 amide bonds. The predicted molar refractivity (Wildman–Crippen MR) is 97.7 cm³/mol. The van der Waals surface area contributed by atoms with Crippen molar-refractivity contribution in [2.24, 2.45) is 5.92 Å². The highest BCUT2D eigenvalue weighted by Gasteiger charge is 2.17. The third kappa shape index (κ3) is 4.42. The van der Waals surface area contributed by atoms with E-state index in [0.29, 0.717) is 17.4 Å². The summed E-state index contributed by atoms with van der Waals surface area (Å²) in [5.74, 6) is 0.561. The van der Waals surface area contributed by atoms with Crippen LogP contribution < -0.4 is 10.0 Å².